The van der Waals surface area contributed by atoms with Crippen molar-refractivity contribution in [1.82, 2.24) is 0 Å². The van der Waals surface area contributed by atoms with Gasteiger partial charge in [-0.2, -0.15) is 0 Å². The molecule has 98 valence electrons. The topological polar surface area (TPSA) is 33.6 Å². The number of nitrogens with one attached hydrogen (secondary N) is 1. The van der Waals surface area contributed by atoms with Gasteiger partial charge in [-0.05, 0) is 31.0 Å². The van der Waals surface area contributed by atoms with Gasteiger partial charge in [0.2, 0.25) is 0 Å². The second-order valence-electron chi connectivity index (χ2n) is 4.50. The molecule has 18 heavy (non-hydrogen) atoms. The van der Waals surface area contributed by atoms with Crippen molar-refractivity contribution in [2.75, 3.05) is 19.0 Å². The Hall–Kier alpha value is -1.16. The zero-order valence-corrected chi connectivity index (χ0v) is 12.0. The molecule has 0 aliphatic carbocycles. The average Bonchev–Trinajstić information content (AvgIpc) is 2.77. The van der Waals surface area contributed by atoms with Crippen LogP contribution in [0.4, 0.5) is 5.69 Å². The van der Waals surface area contributed by atoms with Crippen LogP contribution < -0.4 is 10.1 Å². The van der Waals surface area contributed by atoms with Crippen LogP contribution in [0.3, 0.4) is 0 Å². The molecule has 1 aliphatic heterocycles. The third kappa shape index (κ3) is 3.19. The first-order valence-corrected chi connectivity index (χ1v) is 7.23. The van der Waals surface area contributed by atoms with Crippen LogP contribution in [-0.2, 0) is 0 Å². The Morgan fingerprint density at radius 1 is 1.50 bits per heavy atom. The summed E-state index contributed by atoms with van der Waals surface area (Å²) >= 11 is 1.84. The minimum Gasteiger partial charge on any atom is -0.495 e. The number of anilines is 1. The maximum Gasteiger partial charge on any atom is 0.161 e. The Kier molecular flexibility index (Phi) is 4.53. The summed E-state index contributed by atoms with van der Waals surface area (Å²) < 4.78 is 5.36. The van der Waals surface area contributed by atoms with Crippen LogP contribution in [0, 0.1) is 6.92 Å². The van der Waals surface area contributed by atoms with Crippen molar-refractivity contribution in [1.29, 1.82) is 0 Å². The smallest absolute Gasteiger partial charge is 0.161 e. The van der Waals surface area contributed by atoms with E-state index in [0.29, 0.717) is 5.25 Å². The molecule has 1 aromatic rings. The minimum atomic E-state index is 0.633. The fourth-order valence-electron chi connectivity index (χ4n) is 1.99. The molecule has 0 amide bonds. The highest BCUT2D eigenvalue weighted by Gasteiger charge is 2.19. The van der Waals surface area contributed by atoms with E-state index >= 15 is 0 Å². The molecule has 0 radical (unpaired) electrons. The lowest BCUT2D eigenvalue weighted by Crippen LogP contribution is -2.08. The van der Waals surface area contributed by atoms with E-state index in [1.807, 2.05) is 23.9 Å². The summed E-state index contributed by atoms with van der Waals surface area (Å²) in [4.78, 5) is 4.55. The Morgan fingerprint density at radius 3 is 3.06 bits per heavy atom. The molecule has 1 atom stereocenters. The fraction of sp³-hybridized carbons (Fsp3) is 0.500. The molecule has 3 nitrogen and oxygen atoms in total. The van der Waals surface area contributed by atoms with E-state index in [0.717, 1.165) is 23.1 Å². The van der Waals surface area contributed by atoms with E-state index < -0.39 is 0 Å². The molecule has 1 N–H and O–H groups in total. The Balaban J connectivity index is 2.04. The molecule has 1 unspecified atom stereocenters. The number of thioether (sulfide) groups is 1. The van der Waals surface area contributed by atoms with Crippen LogP contribution in [0.5, 0.6) is 5.75 Å². The summed E-state index contributed by atoms with van der Waals surface area (Å²) in [7, 11) is 1.69. The molecule has 0 fully saturated rings. The molecule has 4 heteroatoms. The van der Waals surface area contributed by atoms with Crippen molar-refractivity contribution in [2.45, 2.75) is 31.9 Å². The quantitative estimate of drug-likeness (QED) is 0.900. The van der Waals surface area contributed by atoms with Crippen LogP contribution >= 0.6 is 11.8 Å². The Morgan fingerprint density at radius 2 is 2.33 bits per heavy atom. The lowest BCUT2D eigenvalue weighted by Gasteiger charge is -2.12. The predicted octanol–water partition coefficient (Wildman–Crippen LogP) is 3.69. The highest BCUT2D eigenvalue weighted by molar-refractivity contribution is 8.15. The van der Waals surface area contributed by atoms with Gasteiger partial charge in [-0.1, -0.05) is 31.2 Å². The number of nitrogens with zero attached hydrogens (tertiary/aromatic N) is 1. The first-order chi connectivity index (χ1) is 8.72. The first-order valence-electron chi connectivity index (χ1n) is 6.35. The van der Waals surface area contributed by atoms with Gasteiger partial charge in [0.15, 0.2) is 5.17 Å². The van der Waals surface area contributed by atoms with E-state index in [1.54, 1.807) is 7.11 Å². The summed E-state index contributed by atoms with van der Waals surface area (Å²) in [5, 5.41) is 5.02. The van der Waals surface area contributed by atoms with Gasteiger partial charge in [-0.25, -0.2) is 0 Å². The van der Waals surface area contributed by atoms with E-state index in [-0.39, 0.29) is 0 Å². The normalized spacial score (nSPS) is 18.6. The van der Waals surface area contributed by atoms with Gasteiger partial charge in [0, 0.05) is 5.25 Å². The Bertz CT molecular complexity index is 445. The molecular formula is C14H20N2OS. The van der Waals surface area contributed by atoms with Crippen molar-refractivity contribution in [2.24, 2.45) is 4.99 Å². The third-order valence-electron chi connectivity index (χ3n) is 2.92. The summed E-state index contributed by atoms with van der Waals surface area (Å²) in [5.74, 6) is 0.864. The van der Waals surface area contributed by atoms with Crippen molar-refractivity contribution in [3.8, 4) is 5.75 Å². The number of rotatable bonds is 4. The number of aliphatic imine (C=N–C) groups is 1. The molecule has 1 aromatic carbocycles. The monoisotopic (exact) mass is 264 g/mol. The summed E-state index contributed by atoms with van der Waals surface area (Å²) in [6.45, 7) is 5.22. The van der Waals surface area contributed by atoms with E-state index in [9.17, 15) is 0 Å². The molecule has 1 heterocycles. The lowest BCUT2D eigenvalue weighted by molar-refractivity contribution is 0.417. The van der Waals surface area contributed by atoms with Crippen LogP contribution in [0.1, 0.15) is 25.3 Å². The van der Waals surface area contributed by atoms with Crippen molar-refractivity contribution in [3.05, 3.63) is 23.8 Å². The van der Waals surface area contributed by atoms with Gasteiger partial charge >= 0.3 is 0 Å². The van der Waals surface area contributed by atoms with Crippen molar-refractivity contribution >= 4 is 22.6 Å². The number of benzene rings is 1. The van der Waals surface area contributed by atoms with Crippen LogP contribution in [0.2, 0.25) is 0 Å². The SMILES string of the molecule is CCCC1CN=C(Nc2cc(C)ccc2OC)S1. The van der Waals surface area contributed by atoms with Gasteiger partial charge in [0.25, 0.3) is 0 Å². The van der Waals surface area contributed by atoms with Gasteiger partial charge in [0.05, 0.1) is 19.3 Å². The molecule has 0 saturated carbocycles. The van der Waals surface area contributed by atoms with Gasteiger partial charge in [-0.15, -0.1) is 0 Å². The maximum atomic E-state index is 5.36. The molecule has 0 saturated heterocycles. The largest absolute Gasteiger partial charge is 0.495 e. The number of ether oxygens (including phenoxy) is 1. The molecular weight excluding hydrogens is 244 g/mol. The summed E-state index contributed by atoms with van der Waals surface area (Å²) in [6.07, 6.45) is 2.44. The maximum absolute atomic E-state index is 5.36. The number of aryl methyl sites for hydroxylation is 1. The van der Waals surface area contributed by atoms with Crippen LogP contribution in [-0.4, -0.2) is 24.1 Å². The summed E-state index contributed by atoms with van der Waals surface area (Å²) in [6, 6.07) is 6.13. The standard InChI is InChI=1S/C14H20N2OS/c1-4-5-11-9-15-14(18-11)16-12-8-10(2)6-7-13(12)17-3/h6-8,11H,4-5,9H2,1-3H3,(H,15,16). The van der Waals surface area contributed by atoms with Crippen LogP contribution in [0.25, 0.3) is 0 Å². The minimum absolute atomic E-state index is 0.633. The third-order valence-corrected chi connectivity index (χ3v) is 4.10. The van der Waals surface area contributed by atoms with Crippen molar-refractivity contribution < 1.29 is 4.74 Å². The average molecular weight is 264 g/mol. The van der Waals surface area contributed by atoms with Gasteiger partial charge in [0.1, 0.15) is 5.75 Å². The number of hydrogen-bond donors (Lipinski definition) is 1. The molecule has 0 bridgehead atoms. The lowest BCUT2D eigenvalue weighted by atomic mass is 10.2. The van der Waals surface area contributed by atoms with Gasteiger partial charge in [-0.3, -0.25) is 4.99 Å². The highest BCUT2D eigenvalue weighted by atomic mass is 32.2. The summed E-state index contributed by atoms with van der Waals surface area (Å²) in [5.41, 5.74) is 2.22. The second-order valence-corrected chi connectivity index (χ2v) is 5.79. The number of hydrogen-bond acceptors (Lipinski definition) is 4. The zero-order chi connectivity index (χ0) is 13.0. The van der Waals surface area contributed by atoms with Crippen molar-refractivity contribution in [3.63, 3.8) is 0 Å². The number of methoxy groups -OCH3 is 1. The van der Waals surface area contributed by atoms with Crippen LogP contribution in [0.15, 0.2) is 23.2 Å². The fourth-order valence-corrected chi connectivity index (χ4v) is 3.13. The first kappa shape index (κ1) is 13.3. The highest BCUT2D eigenvalue weighted by Crippen LogP contribution is 2.30. The van der Waals surface area contributed by atoms with Gasteiger partial charge < -0.3 is 10.1 Å². The number of amidine groups is 1. The molecule has 0 aromatic heterocycles. The molecule has 2 rings (SSSR count). The van der Waals surface area contributed by atoms with E-state index in [4.69, 9.17) is 4.74 Å². The predicted molar refractivity (Wildman–Crippen MR) is 79.9 cm³/mol. The van der Waals surface area contributed by atoms with E-state index in [2.05, 4.69) is 30.2 Å². The second kappa shape index (κ2) is 6.14. The molecule has 0 spiro atoms. The van der Waals surface area contributed by atoms with E-state index in [1.165, 1.54) is 18.4 Å². The Labute approximate surface area is 113 Å². The zero-order valence-electron chi connectivity index (χ0n) is 11.2. The molecule has 1 aliphatic rings.